The van der Waals surface area contributed by atoms with Crippen LogP contribution in [0.5, 0.6) is 5.75 Å². The lowest BCUT2D eigenvalue weighted by atomic mass is 9.95. The molecular formula is C19H26N2O3. The first kappa shape index (κ1) is 16.8. The van der Waals surface area contributed by atoms with Crippen LogP contribution in [0.15, 0.2) is 18.2 Å². The summed E-state index contributed by atoms with van der Waals surface area (Å²) in [6, 6.07) is 6.00. The number of amides is 2. The second kappa shape index (κ2) is 7.24. The van der Waals surface area contributed by atoms with E-state index in [-0.39, 0.29) is 24.4 Å². The molecule has 1 fully saturated rings. The molecular weight excluding hydrogens is 304 g/mol. The molecule has 0 saturated heterocycles. The summed E-state index contributed by atoms with van der Waals surface area (Å²) in [5.41, 5.74) is 1.74. The van der Waals surface area contributed by atoms with E-state index >= 15 is 0 Å². The molecule has 1 aliphatic carbocycles. The summed E-state index contributed by atoms with van der Waals surface area (Å²) in [6.45, 7) is 3.95. The van der Waals surface area contributed by atoms with Crippen LogP contribution in [-0.2, 0) is 9.59 Å². The number of hydrogen-bond donors (Lipinski definition) is 1. The van der Waals surface area contributed by atoms with E-state index < -0.39 is 6.10 Å². The van der Waals surface area contributed by atoms with Crippen molar-refractivity contribution < 1.29 is 14.3 Å². The molecule has 0 bridgehead atoms. The number of benzene rings is 1. The maximum absolute atomic E-state index is 12.7. The van der Waals surface area contributed by atoms with Crippen molar-refractivity contribution in [3.05, 3.63) is 23.8 Å². The molecule has 0 unspecified atom stereocenters. The van der Waals surface area contributed by atoms with Gasteiger partial charge in [-0.15, -0.1) is 0 Å². The van der Waals surface area contributed by atoms with Gasteiger partial charge in [0.05, 0.1) is 5.69 Å². The van der Waals surface area contributed by atoms with Gasteiger partial charge in [0.25, 0.3) is 5.91 Å². The van der Waals surface area contributed by atoms with Crippen molar-refractivity contribution in [3.8, 4) is 5.75 Å². The summed E-state index contributed by atoms with van der Waals surface area (Å²) in [4.78, 5) is 26.7. The lowest BCUT2D eigenvalue weighted by Gasteiger charge is -2.34. The van der Waals surface area contributed by atoms with Crippen molar-refractivity contribution in [2.75, 3.05) is 11.4 Å². The number of hydrogen-bond acceptors (Lipinski definition) is 3. The largest absolute Gasteiger partial charge is 0.478 e. The number of fused-ring (bicyclic) bond motifs is 1. The Kier molecular flexibility index (Phi) is 5.07. The highest BCUT2D eigenvalue weighted by atomic mass is 16.5. The second-order valence-electron chi connectivity index (χ2n) is 6.81. The molecule has 1 aromatic rings. The van der Waals surface area contributed by atoms with Crippen molar-refractivity contribution in [2.45, 2.75) is 64.5 Å². The zero-order valence-electron chi connectivity index (χ0n) is 14.5. The third kappa shape index (κ3) is 3.55. The quantitative estimate of drug-likeness (QED) is 0.923. The Bertz CT molecular complexity index is 623. The van der Waals surface area contributed by atoms with E-state index in [2.05, 4.69) is 5.32 Å². The molecule has 0 aromatic heterocycles. The average molecular weight is 330 g/mol. The van der Waals surface area contributed by atoms with Gasteiger partial charge in [-0.2, -0.15) is 0 Å². The van der Waals surface area contributed by atoms with Gasteiger partial charge in [-0.1, -0.05) is 32.3 Å². The van der Waals surface area contributed by atoms with Crippen LogP contribution in [0.25, 0.3) is 0 Å². The molecule has 2 aliphatic rings. The zero-order valence-corrected chi connectivity index (χ0v) is 14.5. The number of nitrogens with zero attached hydrogens (tertiary/aromatic N) is 1. The van der Waals surface area contributed by atoms with Crippen LogP contribution < -0.4 is 15.0 Å². The van der Waals surface area contributed by atoms with Crippen LogP contribution >= 0.6 is 0 Å². The molecule has 1 aromatic carbocycles. The van der Waals surface area contributed by atoms with Gasteiger partial charge in [-0.3, -0.25) is 14.5 Å². The van der Waals surface area contributed by atoms with E-state index in [1.54, 1.807) is 4.90 Å². The second-order valence-corrected chi connectivity index (χ2v) is 6.81. The van der Waals surface area contributed by atoms with Crippen molar-refractivity contribution in [1.82, 2.24) is 5.32 Å². The highest BCUT2D eigenvalue weighted by molar-refractivity contribution is 6.03. The smallest absolute Gasteiger partial charge is 0.268 e. The molecule has 5 nitrogen and oxygen atoms in total. The molecule has 2 amide bonds. The van der Waals surface area contributed by atoms with Crippen molar-refractivity contribution in [3.63, 3.8) is 0 Å². The minimum Gasteiger partial charge on any atom is -0.478 e. The Morgan fingerprint density at radius 2 is 2.04 bits per heavy atom. The summed E-state index contributed by atoms with van der Waals surface area (Å²) in [5.74, 6) is 0.464. The molecule has 1 heterocycles. The number of ether oxygens (including phenoxy) is 1. The molecule has 1 atom stereocenters. The Labute approximate surface area is 143 Å². The molecule has 24 heavy (non-hydrogen) atoms. The highest BCUT2D eigenvalue weighted by Crippen LogP contribution is 2.35. The van der Waals surface area contributed by atoms with Gasteiger partial charge in [0, 0.05) is 6.04 Å². The van der Waals surface area contributed by atoms with E-state index in [9.17, 15) is 9.59 Å². The van der Waals surface area contributed by atoms with Crippen LogP contribution in [0, 0.1) is 6.92 Å². The van der Waals surface area contributed by atoms with E-state index in [1.165, 1.54) is 19.3 Å². The van der Waals surface area contributed by atoms with Gasteiger partial charge in [-0.25, -0.2) is 0 Å². The number of anilines is 1. The molecule has 1 aliphatic heterocycles. The Morgan fingerprint density at radius 3 is 2.75 bits per heavy atom. The van der Waals surface area contributed by atoms with E-state index in [0.29, 0.717) is 17.9 Å². The fraction of sp³-hybridized carbons (Fsp3) is 0.579. The summed E-state index contributed by atoms with van der Waals surface area (Å²) in [5, 5.41) is 3.09. The van der Waals surface area contributed by atoms with Crippen molar-refractivity contribution in [2.24, 2.45) is 0 Å². The predicted molar refractivity (Wildman–Crippen MR) is 93.3 cm³/mol. The van der Waals surface area contributed by atoms with Gasteiger partial charge in [0.2, 0.25) is 5.91 Å². The zero-order chi connectivity index (χ0) is 17.1. The third-order valence-corrected chi connectivity index (χ3v) is 4.86. The third-order valence-electron chi connectivity index (χ3n) is 4.86. The standard InChI is InChI=1S/C19H26N2O3/c1-3-16-19(23)21(15-11-13(2)9-10-17(15)24-16)12-18(22)20-14-7-5-4-6-8-14/h9-11,14,16H,3-8,12H2,1-2H3,(H,20,22)/t16-/m1/s1. The maximum Gasteiger partial charge on any atom is 0.268 e. The van der Waals surface area contributed by atoms with Gasteiger partial charge in [-0.05, 0) is 43.9 Å². The van der Waals surface area contributed by atoms with Crippen molar-refractivity contribution in [1.29, 1.82) is 0 Å². The topological polar surface area (TPSA) is 58.6 Å². The minimum absolute atomic E-state index is 0.0612. The lowest BCUT2D eigenvalue weighted by molar-refractivity contribution is -0.129. The number of carbonyl (C=O) groups is 2. The van der Waals surface area contributed by atoms with Crippen LogP contribution in [0.4, 0.5) is 5.69 Å². The van der Waals surface area contributed by atoms with Crippen LogP contribution in [0.2, 0.25) is 0 Å². The normalized spacial score (nSPS) is 21.2. The Balaban J connectivity index is 1.76. The minimum atomic E-state index is -0.511. The molecule has 130 valence electrons. The number of rotatable bonds is 4. The Morgan fingerprint density at radius 1 is 1.29 bits per heavy atom. The average Bonchev–Trinajstić information content (AvgIpc) is 2.58. The number of nitrogens with one attached hydrogen (secondary N) is 1. The first-order chi connectivity index (χ1) is 11.6. The molecule has 0 radical (unpaired) electrons. The highest BCUT2D eigenvalue weighted by Gasteiger charge is 2.34. The van der Waals surface area contributed by atoms with Crippen molar-refractivity contribution >= 4 is 17.5 Å². The van der Waals surface area contributed by atoms with E-state index in [1.807, 2.05) is 32.0 Å². The van der Waals surface area contributed by atoms with Gasteiger partial charge in [0.1, 0.15) is 12.3 Å². The van der Waals surface area contributed by atoms with Crippen LogP contribution in [0.3, 0.4) is 0 Å². The Hall–Kier alpha value is -2.04. The molecule has 3 rings (SSSR count). The molecule has 5 heteroatoms. The van der Waals surface area contributed by atoms with E-state index in [0.717, 1.165) is 18.4 Å². The monoisotopic (exact) mass is 330 g/mol. The number of aryl methyl sites for hydroxylation is 1. The summed E-state index contributed by atoms with van der Waals surface area (Å²) in [6.07, 6.45) is 5.74. The summed E-state index contributed by atoms with van der Waals surface area (Å²) in [7, 11) is 0. The maximum atomic E-state index is 12.7. The lowest BCUT2D eigenvalue weighted by Crippen LogP contribution is -2.51. The molecule has 1 N–H and O–H groups in total. The summed E-state index contributed by atoms with van der Waals surface area (Å²) >= 11 is 0. The molecule has 0 spiro atoms. The van der Waals surface area contributed by atoms with Crippen LogP contribution in [0.1, 0.15) is 51.0 Å². The molecule has 1 saturated carbocycles. The van der Waals surface area contributed by atoms with Gasteiger partial charge >= 0.3 is 0 Å². The predicted octanol–water partition coefficient (Wildman–Crippen LogP) is 2.95. The van der Waals surface area contributed by atoms with Gasteiger partial charge in [0.15, 0.2) is 6.10 Å². The number of carbonyl (C=O) groups excluding carboxylic acids is 2. The van der Waals surface area contributed by atoms with Gasteiger partial charge < -0.3 is 10.1 Å². The fourth-order valence-electron chi connectivity index (χ4n) is 3.52. The first-order valence-corrected chi connectivity index (χ1v) is 8.96. The SMILES string of the molecule is CC[C@H]1Oc2ccc(C)cc2N(CC(=O)NC2CCCCC2)C1=O. The van der Waals surface area contributed by atoms with E-state index in [4.69, 9.17) is 4.74 Å². The van der Waals surface area contributed by atoms with Crippen LogP contribution in [-0.4, -0.2) is 30.5 Å². The fourth-order valence-corrected chi connectivity index (χ4v) is 3.52. The first-order valence-electron chi connectivity index (χ1n) is 8.96. The summed E-state index contributed by atoms with van der Waals surface area (Å²) < 4.78 is 5.79.